The molecule has 0 unspecified atom stereocenters. The predicted molar refractivity (Wildman–Crippen MR) is 173 cm³/mol. The molecule has 0 atom stereocenters. The fourth-order valence-corrected chi connectivity index (χ4v) is 5.66. The molecule has 0 N–H and O–H groups in total. The van der Waals surface area contributed by atoms with E-state index in [-0.39, 0.29) is 24.0 Å². The molecule has 5 rings (SSSR count). The molecule has 0 radical (unpaired) electrons. The van der Waals surface area contributed by atoms with Gasteiger partial charge in [-0.1, -0.05) is 26.0 Å². The summed E-state index contributed by atoms with van der Waals surface area (Å²) in [4.78, 5) is 33.0. The number of para-hydroxylation sites is 1. The minimum atomic E-state index is -0.296. The van der Waals surface area contributed by atoms with Crippen LogP contribution in [-0.4, -0.2) is 73.8 Å². The van der Waals surface area contributed by atoms with Crippen molar-refractivity contribution in [2.24, 2.45) is 5.10 Å². The van der Waals surface area contributed by atoms with Crippen LogP contribution < -0.4 is 19.8 Å². The van der Waals surface area contributed by atoms with Crippen LogP contribution in [-0.2, 0) is 9.53 Å². The highest BCUT2D eigenvalue weighted by Gasteiger charge is 2.21. The molecule has 1 fully saturated rings. The van der Waals surface area contributed by atoms with Gasteiger partial charge in [0.15, 0.2) is 23.9 Å². The average molecular weight is 664 g/mol. The standard InChI is InChI=1S/C33H35BrN4O6/c1-20(2)24-17-25(21(3)14-28(24)41-4)32-36-27-9-7-6-8-23(27)33(40)38(32)35-18-22-15-26(34)31(29(16-22)42-5)44-19-30(39)37-10-12-43-13-11-37/h6-9,14-18,20H,10-13,19H2,1-5H3. The largest absolute Gasteiger partial charge is 0.496 e. The number of hydrogen-bond acceptors (Lipinski definition) is 8. The van der Waals surface area contributed by atoms with E-state index in [1.807, 2.05) is 31.2 Å². The molecular weight excluding hydrogens is 628 g/mol. The second-order valence-electron chi connectivity index (χ2n) is 10.7. The molecule has 0 aliphatic carbocycles. The number of nitrogens with zero attached hydrogens (tertiary/aromatic N) is 4. The molecule has 3 aromatic carbocycles. The number of benzene rings is 3. The number of morpholine rings is 1. The third-order valence-electron chi connectivity index (χ3n) is 7.47. The van der Waals surface area contributed by atoms with Gasteiger partial charge < -0.3 is 23.8 Å². The van der Waals surface area contributed by atoms with Crippen LogP contribution in [0.1, 0.15) is 36.5 Å². The summed E-state index contributed by atoms with van der Waals surface area (Å²) >= 11 is 3.55. The SMILES string of the molecule is COc1cc(C)c(-c2nc3ccccc3c(=O)n2N=Cc2cc(Br)c(OCC(=O)N3CCOCC3)c(OC)c2)cc1C(C)C. The van der Waals surface area contributed by atoms with Crippen molar-refractivity contribution in [3.8, 4) is 28.6 Å². The maximum atomic E-state index is 13.8. The summed E-state index contributed by atoms with van der Waals surface area (Å²) in [6.07, 6.45) is 1.57. The van der Waals surface area contributed by atoms with Gasteiger partial charge in [0.1, 0.15) is 5.75 Å². The van der Waals surface area contributed by atoms with Crippen molar-refractivity contribution in [2.75, 3.05) is 47.1 Å². The van der Waals surface area contributed by atoms with Gasteiger partial charge in [0.25, 0.3) is 11.5 Å². The van der Waals surface area contributed by atoms with Crippen molar-refractivity contribution in [3.63, 3.8) is 0 Å². The second kappa shape index (κ2) is 13.6. The minimum Gasteiger partial charge on any atom is -0.496 e. The summed E-state index contributed by atoms with van der Waals surface area (Å²) in [5.41, 5.74) is 3.61. The van der Waals surface area contributed by atoms with E-state index < -0.39 is 0 Å². The normalized spacial score (nSPS) is 13.6. The van der Waals surface area contributed by atoms with E-state index in [4.69, 9.17) is 23.9 Å². The van der Waals surface area contributed by atoms with Crippen LogP contribution in [0, 0.1) is 6.92 Å². The molecule has 4 aromatic rings. The zero-order valence-corrected chi connectivity index (χ0v) is 27.0. The predicted octanol–water partition coefficient (Wildman–Crippen LogP) is 5.39. The van der Waals surface area contributed by atoms with Gasteiger partial charge in [-0.15, -0.1) is 0 Å². The molecule has 2 heterocycles. The Labute approximate surface area is 264 Å². The molecule has 1 amide bonds. The number of fused-ring (bicyclic) bond motifs is 1. The highest BCUT2D eigenvalue weighted by atomic mass is 79.9. The van der Waals surface area contributed by atoms with Crippen LogP contribution in [0.3, 0.4) is 0 Å². The Morgan fingerprint density at radius 3 is 2.52 bits per heavy atom. The highest BCUT2D eigenvalue weighted by molar-refractivity contribution is 9.10. The molecule has 10 nitrogen and oxygen atoms in total. The van der Waals surface area contributed by atoms with Crippen LogP contribution in [0.2, 0.25) is 0 Å². The number of aromatic nitrogens is 2. The van der Waals surface area contributed by atoms with Gasteiger partial charge >= 0.3 is 0 Å². The summed E-state index contributed by atoms with van der Waals surface area (Å²) in [7, 11) is 3.17. The van der Waals surface area contributed by atoms with Gasteiger partial charge in [0.05, 0.1) is 49.0 Å². The number of aryl methyl sites for hydroxylation is 1. The van der Waals surface area contributed by atoms with Crippen molar-refractivity contribution < 1.29 is 23.7 Å². The van der Waals surface area contributed by atoms with E-state index in [2.05, 4.69) is 34.9 Å². The molecule has 11 heteroatoms. The van der Waals surface area contributed by atoms with Crippen LogP contribution in [0.25, 0.3) is 22.3 Å². The van der Waals surface area contributed by atoms with Gasteiger partial charge in [-0.3, -0.25) is 9.59 Å². The lowest BCUT2D eigenvalue weighted by Crippen LogP contribution is -2.43. The average Bonchev–Trinajstić information content (AvgIpc) is 3.03. The van der Waals surface area contributed by atoms with E-state index in [0.717, 1.165) is 22.4 Å². The number of hydrogen-bond donors (Lipinski definition) is 0. The first-order chi connectivity index (χ1) is 21.2. The van der Waals surface area contributed by atoms with E-state index >= 15 is 0 Å². The Balaban J connectivity index is 1.53. The molecule has 1 aromatic heterocycles. The monoisotopic (exact) mass is 662 g/mol. The molecule has 230 valence electrons. The lowest BCUT2D eigenvalue weighted by Gasteiger charge is -2.26. The number of carbonyl (C=O) groups is 1. The van der Waals surface area contributed by atoms with E-state index in [1.165, 1.54) is 11.8 Å². The number of methoxy groups -OCH3 is 2. The van der Waals surface area contributed by atoms with E-state index in [9.17, 15) is 9.59 Å². The molecule has 1 aliphatic rings. The first-order valence-electron chi connectivity index (χ1n) is 14.3. The zero-order chi connectivity index (χ0) is 31.4. The third kappa shape index (κ3) is 6.48. The van der Waals surface area contributed by atoms with Crippen LogP contribution >= 0.6 is 15.9 Å². The van der Waals surface area contributed by atoms with Crippen molar-refractivity contribution in [3.05, 3.63) is 80.0 Å². The van der Waals surface area contributed by atoms with Crippen molar-refractivity contribution in [1.29, 1.82) is 0 Å². The molecule has 1 aliphatic heterocycles. The quantitative estimate of drug-likeness (QED) is 0.221. The van der Waals surface area contributed by atoms with Gasteiger partial charge in [0.2, 0.25) is 0 Å². The summed E-state index contributed by atoms with van der Waals surface area (Å²) in [5, 5.41) is 5.09. The highest BCUT2D eigenvalue weighted by Crippen LogP contribution is 2.37. The smallest absolute Gasteiger partial charge is 0.282 e. The van der Waals surface area contributed by atoms with Crippen molar-refractivity contribution in [2.45, 2.75) is 26.7 Å². The van der Waals surface area contributed by atoms with Crippen LogP contribution in [0.15, 0.2) is 62.9 Å². The Hall–Kier alpha value is -4.22. The van der Waals surface area contributed by atoms with Gasteiger partial charge in [0, 0.05) is 18.7 Å². The first kappa shape index (κ1) is 31.2. The summed E-state index contributed by atoms with van der Waals surface area (Å²) in [6.45, 7) is 8.11. The lowest BCUT2D eigenvalue weighted by molar-refractivity contribution is -0.137. The number of rotatable bonds is 9. The fourth-order valence-electron chi connectivity index (χ4n) is 5.09. The number of carbonyl (C=O) groups excluding carboxylic acids is 1. The maximum absolute atomic E-state index is 13.8. The Morgan fingerprint density at radius 2 is 1.82 bits per heavy atom. The lowest BCUT2D eigenvalue weighted by atomic mass is 9.96. The van der Waals surface area contributed by atoms with Gasteiger partial charge in [-0.25, -0.2) is 4.98 Å². The minimum absolute atomic E-state index is 0.127. The van der Waals surface area contributed by atoms with Crippen LogP contribution in [0.4, 0.5) is 0 Å². The van der Waals surface area contributed by atoms with E-state index in [0.29, 0.717) is 64.6 Å². The zero-order valence-electron chi connectivity index (χ0n) is 25.4. The number of amides is 1. The molecule has 0 spiro atoms. The summed E-state index contributed by atoms with van der Waals surface area (Å²) < 4.78 is 24.3. The molecule has 44 heavy (non-hydrogen) atoms. The maximum Gasteiger partial charge on any atom is 0.282 e. The number of ether oxygens (including phenoxy) is 4. The molecule has 0 saturated carbocycles. The summed E-state index contributed by atoms with van der Waals surface area (Å²) in [5.74, 6) is 2.06. The van der Waals surface area contributed by atoms with Crippen molar-refractivity contribution in [1.82, 2.24) is 14.6 Å². The number of halogens is 1. The third-order valence-corrected chi connectivity index (χ3v) is 8.06. The summed E-state index contributed by atoms with van der Waals surface area (Å²) in [6, 6.07) is 14.7. The fraction of sp³-hybridized carbons (Fsp3) is 0.333. The Kier molecular flexibility index (Phi) is 9.65. The Bertz CT molecular complexity index is 1780. The second-order valence-corrected chi connectivity index (χ2v) is 11.5. The van der Waals surface area contributed by atoms with Gasteiger partial charge in [-0.05, 0) is 81.9 Å². The Morgan fingerprint density at radius 1 is 1.09 bits per heavy atom. The topological polar surface area (TPSA) is 104 Å². The van der Waals surface area contributed by atoms with Gasteiger partial charge in [-0.2, -0.15) is 9.78 Å². The molecule has 1 saturated heterocycles. The first-order valence-corrected chi connectivity index (χ1v) is 15.1. The van der Waals surface area contributed by atoms with E-state index in [1.54, 1.807) is 42.5 Å². The van der Waals surface area contributed by atoms with Crippen molar-refractivity contribution >= 4 is 39.0 Å². The molecule has 0 bridgehead atoms. The van der Waals surface area contributed by atoms with Crippen LogP contribution in [0.5, 0.6) is 17.2 Å². The molecular formula is C33H35BrN4O6.